The van der Waals surface area contributed by atoms with Crippen molar-refractivity contribution >= 4 is 23.6 Å². The van der Waals surface area contributed by atoms with Crippen LogP contribution in [0.5, 0.6) is 0 Å². The average molecular weight is 347 g/mol. The second-order valence-electron chi connectivity index (χ2n) is 6.47. The zero-order valence-corrected chi connectivity index (χ0v) is 14.9. The van der Waals surface area contributed by atoms with Gasteiger partial charge in [0.15, 0.2) is 0 Å². The Balaban J connectivity index is 1.56. The van der Waals surface area contributed by atoms with Crippen molar-refractivity contribution in [3.05, 3.63) is 30.1 Å². The maximum atomic E-state index is 12.6. The topological polar surface area (TPSA) is 62.3 Å². The number of hydrogen-bond acceptors (Lipinski definition) is 4. The Morgan fingerprint density at radius 3 is 2.88 bits per heavy atom. The molecule has 24 heavy (non-hydrogen) atoms. The van der Waals surface area contributed by atoms with Crippen LogP contribution in [0, 0.1) is 5.92 Å². The van der Waals surface area contributed by atoms with E-state index in [-0.39, 0.29) is 29.1 Å². The Bertz CT molecular complexity index is 577. The quantitative estimate of drug-likeness (QED) is 0.821. The molecule has 2 aliphatic rings. The molecule has 2 amide bonds. The predicted molar refractivity (Wildman–Crippen MR) is 95.5 cm³/mol. The fraction of sp³-hybridized carbons (Fsp3) is 0.611. The number of carbonyl (C=O) groups excluding carboxylic acids is 2. The summed E-state index contributed by atoms with van der Waals surface area (Å²) >= 11 is 1.75. The Hall–Kier alpha value is -1.56. The van der Waals surface area contributed by atoms with E-state index in [0.717, 1.165) is 31.4 Å². The van der Waals surface area contributed by atoms with Gasteiger partial charge in [-0.1, -0.05) is 19.4 Å². The molecule has 6 heteroatoms. The van der Waals surface area contributed by atoms with Crippen LogP contribution in [0.3, 0.4) is 0 Å². The molecule has 3 rings (SSSR count). The highest BCUT2D eigenvalue weighted by atomic mass is 32.2. The summed E-state index contributed by atoms with van der Waals surface area (Å²) in [5, 5.41) is 3.16. The van der Waals surface area contributed by atoms with E-state index in [0.29, 0.717) is 18.7 Å². The first-order valence-electron chi connectivity index (χ1n) is 8.82. The van der Waals surface area contributed by atoms with Gasteiger partial charge < -0.3 is 10.2 Å². The number of nitrogens with zero attached hydrogens (tertiary/aromatic N) is 2. The first-order chi connectivity index (χ1) is 11.7. The molecule has 1 aliphatic heterocycles. The fourth-order valence-corrected chi connectivity index (χ4v) is 4.58. The number of rotatable bonds is 7. The molecule has 0 spiro atoms. The highest BCUT2D eigenvalue weighted by Gasteiger charge is 2.45. The van der Waals surface area contributed by atoms with Crippen LogP contribution in [0.1, 0.15) is 38.3 Å². The summed E-state index contributed by atoms with van der Waals surface area (Å²) in [6.45, 7) is 2.68. The van der Waals surface area contributed by atoms with E-state index in [1.165, 1.54) is 0 Å². The lowest BCUT2D eigenvalue weighted by Crippen LogP contribution is -2.50. The molecular formula is C18H25N3O2S. The molecule has 5 nitrogen and oxygen atoms in total. The van der Waals surface area contributed by atoms with Crippen LogP contribution in [-0.2, 0) is 16.0 Å². The second kappa shape index (κ2) is 8.01. The molecule has 2 fully saturated rings. The third-order valence-corrected chi connectivity index (χ3v) is 5.87. The summed E-state index contributed by atoms with van der Waals surface area (Å²) < 4.78 is 0. The number of thioether (sulfide) groups is 1. The van der Waals surface area contributed by atoms with Crippen molar-refractivity contribution in [2.45, 2.75) is 50.4 Å². The molecule has 2 heterocycles. The van der Waals surface area contributed by atoms with Crippen molar-refractivity contribution in [2.75, 3.05) is 12.3 Å². The molecule has 2 unspecified atom stereocenters. The predicted octanol–water partition coefficient (Wildman–Crippen LogP) is 2.22. The van der Waals surface area contributed by atoms with Crippen molar-refractivity contribution in [2.24, 2.45) is 5.92 Å². The maximum Gasteiger partial charge on any atom is 0.243 e. The van der Waals surface area contributed by atoms with E-state index in [2.05, 4.69) is 17.2 Å². The summed E-state index contributed by atoms with van der Waals surface area (Å²) in [5.74, 6) is 1.03. The number of carbonyl (C=O) groups is 2. The van der Waals surface area contributed by atoms with Crippen LogP contribution in [0.4, 0.5) is 0 Å². The number of hydrogen-bond donors (Lipinski definition) is 1. The maximum absolute atomic E-state index is 12.6. The molecular weight excluding hydrogens is 322 g/mol. The fourth-order valence-electron chi connectivity index (χ4n) is 3.05. The number of amides is 2. The molecule has 0 aromatic carbocycles. The molecule has 1 aromatic rings. The third-order valence-electron chi connectivity index (χ3n) is 4.52. The van der Waals surface area contributed by atoms with Crippen molar-refractivity contribution in [1.82, 2.24) is 15.2 Å². The van der Waals surface area contributed by atoms with E-state index < -0.39 is 0 Å². The van der Waals surface area contributed by atoms with Gasteiger partial charge in [-0.15, -0.1) is 11.8 Å². The number of nitrogens with one attached hydrogen (secondary N) is 1. The van der Waals surface area contributed by atoms with E-state index in [9.17, 15) is 9.59 Å². The molecule has 1 saturated heterocycles. The van der Waals surface area contributed by atoms with Crippen molar-refractivity contribution in [3.8, 4) is 0 Å². The van der Waals surface area contributed by atoms with Gasteiger partial charge >= 0.3 is 0 Å². The first-order valence-corrected chi connectivity index (χ1v) is 9.87. The lowest BCUT2D eigenvalue weighted by Gasteiger charge is -2.28. The minimum atomic E-state index is -0.316. The van der Waals surface area contributed by atoms with Gasteiger partial charge in [0.25, 0.3) is 0 Å². The molecule has 1 aromatic heterocycles. The monoisotopic (exact) mass is 347 g/mol. The Kier molecular flexibility index (Phi) is 5.76. The zero-order chi connectivity index (χ0) is 16.9. The van der Waals surface area contributed by atoms with Crippen LogP contribution in [0.15, 0.2) is 24.4 Å². The average Bonchev–Trinajstić information content (AvgIpc) is 3.36. The van der Waals surface area contributed by atoms with Gasteiger partial charge in [-0.25, -0.2) is 0 Å². The molecule has 1 N–H and O–H groups in total. The molecule has 130 valence electrons. The van der Waals surface area contributed by atoms with Crippen molar-refractivity contribution in [3.63, 3.8) is 0 Å². The van der Waals surface area contributed by atoms with Gasteiger partial charge in [-0.05, 0) is 31.4 Å². The van der Waals surface area contributed by atoms with Gasteiger partial charge in [0, 0.05) is 36.5 Å². The SMILES string of the molecule is CCCC1SCC(C(=O)NCCc2ccccn2)N1C(=O)C1CC1. The Labute approximate surface area is 147 Å². The summed E-state index contributed by atoms with van der Waals surface area (Å²) in [7, 11) is 0. The van der Waals surface area contributed by atoms with Crippen molar-refractivity contribution in [1.29, 1.82) is 0 Å². The summed E-state index contributed by atoms with van der Waals surface area (Å²) in [4.78, 5) is 31.4. The van der Waals surface area contributed by atoms with Crippen LogP contribution in [-0.4, -0.2) is 45.4 Å². The number of aromatic nitrogens is 1. The van der Waals surface area contributed by atoms with E-state index >= 15 is 0 Å². The molecule has 1 saturated carbocycles. The minimum absolute atomic E-state index is 0.0222. The Morgan fingerprint density at radius 1 is 1.38 bits per heavy atom. The van der Waals surface area contributed by atoms with Gasteiger partial charge in [-0.3, -0.25) is 14.6 Å². The van der Waals surface area contributed by atoms with Crippen molar-refractivity contribution < 1.29 is 9.59 Å². The van der Waals surface area contributed by atoms with Crippen LogP contribution >= 0.6 is 11.8 Å². The standard InChI is InChI=1S/C18H25N3O2S/c1-2-5-16-21(18(23)13-7-8-13)15(12-24-16)17(22)20-11-9-14-6-3-4-10-19-14/h3-4,6,10,13,15-16H,2,5,7-9,11-12H2,1H3,(H,20,22). The largest absolute Gasteiger partial charge is 0.354 e. The van der Waals surface area contributed by atoms with Crippen LogP contribution < -0.4 is 5.32 Å². The second-order valence-corrected chi connectivity index (χ2v) is 7.69. The molecule has 0 bridgehead atoms. The molecule has 1 aliphatic carbocycles. The van der Waals surface area contributed by atoms with Gasteiger partial charge in [-0.2, -0.15) is 0 Å². The lowest BCUT2D eigenvalue weighted by molar-refractivity contribution is -0.140. The highest BCUT2D eigenvalue weighted by molar-refractivity contribution is 8.00. The normalized spacial score (nSPS) is 23.3. The van der Waals surface area contributed by atoms with Gasteiger partial charge in [0.2, 0.25) is 11.8 Å². The highest BCUT2D eigenvalue weighted by Crippen LogP contribution is 2.39. The lowest BCUT2D eigenvalue weighted by atomic mass is 10.2. The summed E-state index contributed by atoms with van der Waals surface area (Å²) in [6, 6.07) is 5.47. The molecule has 2 atom stereocenters. The van der Waals surface area contributed by atoms with E-state index in [1.807, 2.05) is 23.1 Å². The van der Waals surface area contributed by atoms with Crippen LogP contribution in [0.2, 0.25) is 0 Å². The molecule has 0 radical (unpaired) electrons. The summed E-state index contributed by atoms with van der Waals surface area (Å²) in [5.41, 5.74) is 0.966. The number of pyridine rings is 1. The Morgan fingerprint density at radius 2 is 2.21 bits per heavy atom. The van der Waals surface area contributed by atoms with Gasteiger partial charge in [0.05, 0.1) is 5.37 Å². The minimum Gasteiger partial charge on any atom is -0.354 e. The van der Waals surface area contributed by atoms with E-state index in [4.69, 9.17) is 0 Å². The smallest absolute Gasteiger partial charge is 0.243 e. The van der Waals surface area contributed by atoms with Gasteiger partial charge in [0.1, 0.15) is 6.04 Å². The van der Waals surface area contributed by atoms with E-state index in [1.54, 1.807) is 18.0 Å². The first kappa shape index (κ1) is 17.3. The third kappa shape index (κ3) is 4.09. The summed E-state index contributed by atoms with van der Waals surface area (Å²) in [6.07, 6.45) is 6.41. The zero-order valence-electron chi connectivity index (χ0n) is 14.1. The van der Waals surface area contributed by atoms with Crippen LogP contribution in [0.25, 0.3) is 0 Å².